The van der Waals surface area contributed by atoms with E-state index in [0.717, 1.165) is 19.5 Å². The van der Waals surface area contributed by atoms with Crippen LogP contribution in [0.3, 0.4) is 0 Å². The second kappa shape index (κ2) is 5.86. The average molecular weight is 293 g/mol. The molecule has 22 heavy (non-hydrogen) atoms. The molecule has 0 amide bonds. The number of likely N-dealkylation sites (tertiary alicyclic amines) is 1. The highest BCUT2D eigenvalue weighted by molar-refractivity contribution is 5.40. The lowest BCUT2D eigenvalue weighted by Crippen LogP contribution is -2.25. The van der Waals surface area contributed by atoms with Crippen molar-refractivity contribution in [3.05, 3.63) is 71.3 Å². The first kappa shape index (κ1) is 14.0. The highest BCUT2D eigenvalue weighted by Crippen LogP contribution is 2.50. The lowest BCUT2D eigenvalue weighted by atomic mass is 9.96. The number of rotatable bonds is 4. The van der Waals surface area contributed by atoms with Gasteiger partial charge in [0.2, 0.25) is 0 Å². The zero-order valence-electron chi connectivity index (χ0n) is 13.1. The highest BCUT2D eigenvalue weighted by Gasteiger charge is 2.45. The molecule has 2 nitrogen and oxygen atoms in total. The van der Waals surface area contributed by atoms with E-state index in [0.29, 0.717) is 11.8 Å². The fourth-order valence-corrected chi connectivity index (χ4v) is 4.30. The monoisotopic (exact) mass is 293 g/mol. The Morgan fingerprint density at radius 2 is 1.68 bits per heavy atom. The SMILES string of the molecule is COC1c2ccccc2C2CN(CCc3ccccc3)CC21. The Labute approximate surface area is 132 Å². The van der Waals surface area contributed by atoms with Gasteiger partial charge in [0, 0.05) is 38.6 Å². The Kier molecular flexibility index (Phi) is 3.73. The third-order valence-corrected chi connectivity index (χ3v) is 5.35. The van der Waals surface area contributed by atoms with Crippen LogP contribution >= 0.6 is 0 Å². The molecule has 1 aliphatic carbocycles. The van der Waals surface area contributed by atoms with E-state index in [4.69, 9.17) is 4.74 Å². The van der Waals surface area contributed by atoms with E-state index in [9.17, 15) is 0 Å². The zero-order valence-corrected chi connectivity index (χ0v) is 13.1. The summed E-state index contributed by atoms with van der Waals surface area (Å²) in [5.74, 6) is 1.27. The van der Waals surface area contributed by atoms with Crippen LogP contribution in [-0.2, 0) is 11.2 Å². The largest absolute Gasteiger partial charge is 0.376 e. The van der Waals surface area contributed by atoms with Gasteiger partial charge in [-0.05, 0) is 23.1 Å². The summed E-state index contributed by atoms with van der Waals surface area (Å²) in [6, 6.07) is 19.6. The van der Waals surface area contributed by atoms with E-state index in [-0.39, 0.29) is 6.10 Å². The van der Waals surface area contributed by atoms with E-state index in [1.807, 2.05) is 7.11 Å². The molecule has 0 spiro atoms. The van der Waals surface area contributed by atoms with Gasteiger partial charge in [-0.15, -0.1) is 0 Å². The van der Waals surface area contributed by atoms with Crippen molar-refractivity contribution in [2.75, 3.05) is 26.7 Å². The maximum absolute atomic E-state index is 5.84. The summed E-state index contributed by atoms with van der Waals surface area (Å²) in [4.78, 5) is 2.62. The Morgan fingerprint density at radius 1 is 0.955 bits per heavy atom. The number of fused-ring (bicyclic) bond motifs is 3. The van der Waals surface area contributed by atoms with Crippen molar-refractivity contribution in [1.82, 2.24) is 4.90 Å². The number of methoxy groups -OCH3 is 1. The predicted molar refractivity (Wildman–Crippen MR) is 89.0 cm³/mol. The fraction of sp³-hybridized carbons (Fsp3) is 0.400. The molecule has 1 heterocycles. The van der Waals surface area contributed by atoms with Gasteiger partial charge in [-0.3, -0.25) is 0 Å². The molecule has 3 unspecified atom stereocenters. The van der Waals surface area contributed by atoms with Gasteiger partial charge in [-0.25, -0.2) is 0 Å². The molecule has 4 rings (SSSR count). The summed E-state index contributed by atoms with van der Waals surface area (Å²) in [6.07, 6.45) is 1.42. The second-order valence-corrected chi connectivity index (χ2v) is 6.55. The van der Waals surface area contributed by atoms with Crippen molar-refractivity contribution < 1.29 is 4.74 Å². The Hall–Kier alpha value is -1.64. The van der Waals surface area contributed by atoms with Crippen LogP contribution in [0.15, 0.2) is 54.6 Å². The summed E-state index contributed by atoms with van der Waals surface area (Å²) in [5, 5.41) is 0. The van der Waals surface area contributed by atoms with Crippen molar-refractivity contribution in [2.24, 2.45) is 5.92 Å². The number of hydrogen-bond acceptors (Lipinski definition) is 2. The summed E-state index contributed by atoms with van der Waals surface area (Å²) < 4.78 is 5.84. The molecule has 1 saturated heterocycles. The molecule has 0 aromatic heterocycles. The summed E-state index contributed by atoms with van der Waals surface area (Å²) in [6.45, 7) is 3.48. The molecule has 0 bridgehead atoms. The first-order chi connectivity index (χ1) is 10.9. The summed E-state index contributed by atoms with van der Waals surface area (Å²) >= 11 is 0. The van der Waals surface area contributed by atoms with Crippen LogP contribution in [0.25, 0.3) is 0 Å². The third-order valence-electron chi connectivity index (χ3n) is 5.35. The van der Waals surface area contributed by atoms with Crippen LogP contribution < -0.4 is 0 Å². The smallest absolute Gasteiger partial charge is 0.0870 e. The first-order valence-corrected chi connectivity index (χ1v) is 8.24. The molecule has 0 radical (unpaired) electrons. The van der Waals surface area contributed by atoms with E-state index in [1.54, 1.807) is 0 Å². The Bertz CT molecular complexity index is 639. The van der Waals surface area contributed by atoms with E-state index < -0.39 is 0 Å². The quantitative estimate of drug-likeness (QED) is 0.853. The molecular weight excluding hydrogens is 270 g/mol. The van der Waals surface area contributed by atoms with Gasteiger partial charge >= 0.3 is 0 Å². The molecule has 0 N–H and O–H groups in total. The van der Waals surface area contributed by atoms with Crippen LogP contribution in [0.4, 0.5) is 0 Å². The minimum absolute atomic E-state index is 0.280. The van der Waals surface area contributed by atoms with Gasteiger partial charge in [-0.2, -0.15) is 0 Å². The number of benzene rings is 2. The zero-order chi connectivity index (χ0) is 14.9. The first-order valence-electron chi connectivity index (χ1n) is 8.24. The highest BCUT2D eigenvalue weighted by atomic mass is 16.5. The van der Waals surface area contributed by atoms with Crippen molar-refractivity contribution in [3.8, 4) is 0 Å². The maximum atomic E-state index is 5.84. The van der Waals surface area contributed by atoms with Crippen LogP contribution in [0.2, 0.25) is 0 Å². The molecule has 1 aliphatic heterocycles. The Morgan fingerprint density at radius 3 is 2.45 bits per heavy atom. The molecule has 114 valence electrons. The topological polar surface area (TPSA) is 12.5 Å². The third kappa shape index (κ3) is 2.37. The van der Waals surface area contributed by atoms with Crippen molar-refractivity contribution in [2.45, 2.75) is 18.4 Å². The van der Waals surface area contributed by atoms with Crippen molar-refractivity contribution >= 4 is 0 Å². The van der Waals surface area contributed by atoms with Gasteiger partial charge in [0.1, 0.15) is 0 Å². The molecule has 2 aromatic rings. The van der Waals surface area contributed by atoms with Gasteiger partial charge in [-0.1, -0.05) is 54.6 Å². The molecule has 1 fully saturated rings. The van der Waals surface area contributed by atoms with Gasteiger partial charge in [0.25, 0.3) is 0 Å². The van der Waals surface area contributed by atoms with Crippen LogP contribution in [0.1, 0.15) is 28.7 Å². The van der Waals surface area contributed by atoms with Gasteiger partial charge < -0.3 is 9.64 Å². The van der Waals surface area contributed by atoms with Crippen LogP contribution in [0.5, 0.6) is 0 Å². The molecule has 2 heteroatoms. The predicted octanol–water partition coefficient (Wildman–Crippen LogP) is 3.65. The molecule has 3 atom stereocenters. The molecule has 2 aliphatic rings. The number of ether oxygens (including phenoxy) is 1. The summed E-state index contributed by atoms with van der Waals surface area (Å²) in [7, 11) is 1.86. The number of nitrogens with zero attached hydrogens (tertiary/aromatic N) is 1. The van der Waals surface area contributed by atoms with E-state index >= 15 is 0 Å². The van der Waals surface area contributed by atoms with Gasteiger partial charge in [0.15, 0.2) is 0 Å². The lowest BCUT2D eigenvalue weighted by Gasteiger charge is -2.20. The minimum Gasteiger partial charge on any atom is -0.376 e. The van der Waals surface area contributed by atoms with Crippen molar-refractivity contribution in [1.29, 1.82) is 0 Å². The minimum atomic E-state index is 0.280. The standard InChI is InChI=1S/C20H23NO/c1-22-20-17-10-6-5-9-16(17)18-13-21(14-19(18)20)12-11-15-7-3-2-4-8-15/h2-10,18-20H,11-14H2,1H3. The average Bonchev–Trinajstić information content (AvgIpc) is 3.10. The molecule has 0 saturated carbocycles. The Balaban J connectivity index is 1.47. The van der Waals surface area contributed by atoms with E-state index in [1.165, 1.54) is 23.2 Å². The molecule has 2 aromatic carbocycles. The second-order valence-electron chi connectivity index (χ2n) is 6.55. The normalized spacial score (nSPS) is 26.9. The van der Waals surface area contributed by atoms with E-state index in [2.05, 4.69) is 59.5 Å². The fourth-order valence-electron chi connectivity index (χ4n) is 4.30. The molecular formula is C20H23NO. The summed E-state index contributed by atoms with van der Waals surface area (Å²) in [5.41, 5.74) is 4.37. The van der Waals surface area contributed by atoms with Gasteiger partial charge in [0.05, 0.1) is 6.10 Å². The van der Waals surface area contributed by atoms with Crippen LogP contribution in [0, 0.1) is 5.92 Å². The van der Waals surface area contributed by atoms with Crippen LogP contribution in [-0.4, -0.2) is 31.6 Å². The number of hydrogen-bond donors (Lipinski definition) is 0. The maximum Gasteiger partial charge on any atom is 0.0870 e. The van der Waals surface area contributed by atoms with Crippen molar-refractivity contribution in [3.63, 3.8) is 0 Å². The lowest BCUT2D eigenvalue weighted by molar-refractivity contribution is 0.0604.